The van der Waals surface area contributed by atoms with Crippen LogP contribution in [0.5, 0.6) is 0 Å². The van der Waals surface area contributed by atoms with Gasteiger partial charge in [-0.2, -0.15) is 11.8 Å². The van der Waals surface area contributed by atoms with Crippen LogP contribution in [-0.4, -0.2) is 29.9 Å². The molecule has 0 spiro atoms. The second kappa shape index (κ2) is 7.66. The molecule has 3 rings (SSSR count). The molecule has 23 heavy (non-hydrogen) atoms. The second-order valence-electron chi connectivity index (χ2n) is 5.73. The number of rotatable bonds is 6. The Morgan fingerprint density at radius 3 is 2.65 bits per heavy atom. The number of thioether (sulfide) groups is 1. The van der Waals surface area contributed by atoms with Gasteiger partial charge in [0.25, 0.3) is 0 Å². The Labute approximate surface area is 141 Å². The van der Waals surface area contributed by atoms with E-state index in [9.17, 15) is 9.90 Å². The third-order valence-corrected chi connectivity index (χ3v) is 5.19. The number of para-hydroxylation sites is 1. The van der Waals surface area contributed by atoms with E-state index in [4.69, 9.17) is 0 Å². The molecule has 2 aromatic carbocycles. The smallest absolute Gasteiger partial charge is 0.227 e. The van der Waals surface area contributed by atoms with E-state index in [0.29, 0.717) is 13.0 Å². The van der Waals surface area contributed by atoms with E-state index >= 15 is 0 Å². The maximum atomic E-state index is 12.5. The minimum Gasteiger partial charge on any atom is -0.396 e. The molecule has 120 valence electrons. The van der Waals surface area contributed by atoms with E-state index in [-0.39, 0.29) is 18.4 Å². The number of carbonyl (C=O) groups is 1. The largest absolute Gasteiger partial charge is 0.396 e. The zero-order valence-corrected chi connectivity index (χ0v) is 13.8. The van der Waals surface area contributed by atoms with Gasteiger partial charge >= 0.3 is 0 Å². The highest BCUT2D eigenvalue weighted by atomic mass is 32.2. The van der Waals surface area contributed by atoms with Crippen LogP contribution >= 0.6 is 11.8 Å². The lowest BCUT2D eigenvalue weighted by atomic mass is 10.0. The second-order valence-corrected chi connectivity index (χ2v) is 6.84. The number of hydrogen-bond acceptors (Lipinski definition) is 3. The van der Waals surface area contributed by atoms with E-state index in [2.05, 4.69) is 12.1 Å². The fourth-order valence-electron chi connectivity index (χ4n) is 2.95. The Bertz CT molecular complexity index is 659. The summed E-state index contributed by atoms with van der Waals surface area (Å²) in [4.78, 5) is 14.3. The van der Waals surface area contributed by atoms with E-state index in [1.54, 1.807) is 11.8 Å². The van der Waals surface area contributed by atoms with Gasteiger partial charge < -0.3 is 10.0 Å². The van der Waals surface area contributed by atoms with Gasteiger partial charge in [-0.15, -0.1) is 0 Å². The van der Waals surface area contributed by atoms with E-state index in [0.717, 1.165) is 22.8 Å². The minimum atomic E-state index is 0.0483. The molecule has 1 aliphatic heterocycles. The monoisotopic (exact) mass is 327 g/mol. The minimum absolute atomic E-state index is 0.0483. The molecule has 1 heterocycles. The van der Waals surface area contributed by atoms with E-state index < -0.39 is 0 Å². The first-order valence-electron chi connectivity index (χ1n) is 7.91. The van der Waals surface area contributed by atoms with Crippen LogP contribution in [0.1, 0.15) is 23.5 Å². The normalized spacial score (nSPS) is 16.4. The molecule has 0 fully saturated rings. The van der Waals surface area contributed by atoms with Crippen molar-refractivity contribution in [3.63, 3.8) is 0 Å². The summed E-state index contributed by atoms with van der Waals surface area (Å²) in [6, 6.07) is 18.2. The zero-order valence-electron chi connectivity index (χ0n) is 13.0. The van der Waals surface area contributed by atoms with E-state index in [1.165, 1.54) is 5.56 Å². The molecule has 1 aliphatic rings. The topological polar surface area (TPSA) is 40.5 Å². The first-order valence-corrected chi connectivity index (χ1v) is 9.07. The molecular formula is C19H21NO2S. The van der Waals surface area contributed by atoms with Gasteiger partial charge in [0.1, 0.15) is 0 Å². The third-order valence-electron chi connectivity index (χ3n) is 4.16. The van der Waals surface area contributed by atoms with Crippen LogP contribution in [0.25, 0.3) is 0 Å². The van der Waals surface area contributed by atoms with E-state index in [1.807, 2.05) is 47.4 Å². The summed E-state index contributed by atoms with van der Waals surface area (Å²) in [5, 5.41) is 9.51. The van der Waals surface area contributed by atoms with Crippen molar-refractivity contribution in [3.8, 4) is 0 Å². The molecule has 1 N–H and O–H groups in total. The highest BCUT2D eigenvalue weighted by Gasteiger charge is 2.31. The molecule has 0 bridgehead atoms. The van der Waals surface area contributed by atoms with Crippen molar-refractivity contribution in [2.45, 2.75) is 18.1 Å². The highest BCUT2D eigenvalue weighted by molar-refractivity contribution is 7.98. The maximum absolute atomic E-state index is 12.5. The Kier molecular flexibility index (Phi) is 5.36. The predicted octanol–water partition coefficient (Wildman–Crippen LogP) is 3.43. The number of amides is 1. The average Bonchev–Trinajstić information content (AvgIpc) is 2.98. The summed E-state index contributed by atoms with van der Waals surface area (Å²) in [5.74, 6) is 1.95. The molecule has 0 radical (unpaired) electrons. The average molecular weight is 327 g/mol. The molecule has 0 saturated carbocycles. The number of aliphatic hydroxyl groups excluding tert-OH is 1. The molecule has 1 atom stereocenters. The van der Waals surface area contributed by atoms with Crippen molar-refractivity contribution in [1.29, 1.82) is 0 Å². The van der Waals surface area contributed by atoms with Gasteiger partial charge in [-0.1, -0.05) is 48.5 Å². The van der Waals surface area contributed by atoms with Crippen molar-refractivity contribution in [2.75, 3.05) is 23.8 Å². The van der Waals surface area contributed by atoms with Crippen molar-refractivity contribution in [1.82, 2.24) is 0 Å². The first-order chi connectivity index (χ1) is 11.3. The Morgan fingerprint density at radius 1 is 1.13 bits per heavy atom. The van der Waals surface area contributed by atoms with Crippen molar-refractivity contribution in [2.24, 2.45) is 0 Å². The molecular weight excluding hydrogens is 306 g/mol. The highest BCUT2D eigenvalue weighted by Crippen LogP contribution is 2.36. The third kappa shape index (κ3) is 3.77. The van der Waals surface area contributed by atoms with Crippen LogP contribution in [0, 0.1) is 0 Å². The molecule has 0 aromatic heterocycles. The van der Waals surface area contributed by atoms with Crippen LogP contribution in [0.2, 0.25) is 0 Å². The summed E-state index contributed by atoms with van der Waals surface area (Å²) in [6.07, 6.45) is 0.532. The van der Waals surface area contributed by atoms with Crippen molar-refractivity contribution >= 4 is 23.4 Å². The summed E-state index contributed by atoms with van der Waals surface area (Å²) in [7, 11) is 0. The van der Waals surface area contributed by atoms with Gasteiger partial charge in [0.15, 0.2) is 0 Å². The van der Waals surface area contributed by atoms with Gasteiger partial charge in [-0.05, 0) is 17.2 Å². The summed E-state index contributed by atoms with van der Waals surface area (Å²) in [6.45, 7) is 0.682. The number of aliphatic hydroxyl groups is 1. The van der Waals surface area contributed by atoms with Crippen LogP contribution in [0.4, 0.5) is 5.69 Å². The van der Waals surface area contributed by atoms with Gasteiger partial charge in [-0.25, -0.2) is 0 Å². The number of nitrogens with zero attached hydrogens (tertiary/aromatic N) is 1. The SMILES string of the molecule is O=C(CCSCc1ccccc1)N1CC(CO)c2ccccc21. The van der Waals surface area contributed by atoms with Crippen LogP contribution in [0.15, 0.2) is 54.6 Å². The Hall–Kier alpha value is -1.78. The summed E-state index contributed by atoms with van der Waals surface area (Å²) >= 11 is 1.78. The van der Waals surface area contributed by atoms with Crippen LogP contribution in [-0.2, 0) is 10.5 Å². The number of fused-ring (bicyclic) bond motifs is 1. The lowest BCUT2D eigenvalue weighted by molar-refractivity contribution is -0.118. The number of benzene rings is 2. The van der Waals surface area contributed by atoms with Gasteiger partial charge in [0.2, 0.25) is 5.91 Å². The molecule has 0 aliphatic carbocycles. The first kappa shape index (κ1) is 16.1. The number of hydrogen-bond donors (Lipinski definition) is 1. The van der Waals surface area contributed by atoms with Gasteiger partial charge in [0, 0.05) is 36.1 Å². The summed E-state index contributed by atoms with van der Waals surface area (Å²) < 4.78 is 0. The fraction of sp³-hybridized carbons (Fsp3) is 0.316. The van der Waals surface area contributed by atoms with Crippen molar-refractivity contribution in [3.05, 3.63) is 65.7 Å². The van der Waals surface area contributed by atoms with Crippen LogP contribution in [0.3, 0.4) is 0 Å². The molecule has 1 amide bonds. The number of carbonyl (C=O) groups excluding carboxylic acids is 1. The molecule has 2 aromatic rings. The predicted molar refractivity (Wildman–Crippen MR) is 95.8 cm³/mol. The van der Waals surface area contributed by atoms with Crippen molar-refractivity contribution < 1.29 is 9.90 Å². The Morgan fingerprint density at radius 2 is 1.87 bits per heavy atom. The Balaban J connectivity index is 1.53. The standard InChI is InChI=1S/C19H21NO2S/c21-13-16-12-20(18-9-5-4-8-17(16)18)19(22)10-11-23-14-15-6-2-1-3-7-15/h1-9,16,21H,10-14H2. The molecule has 4 heteroatoms. The van der Waals surface area contributed by atoms with Crippen LogP contribution < -0.4 is 4.90 Å². The lowest BCUT2D eigenvalue weighted by Crippen LogP contribution is -2.30. The quantitative estimate of drug-likeness (QED) is 0.826. The zero-order chi connectivity index (χ0) is 16.1. The van der Waals surface area contributed by atoms with Gasteiger partial charge in [-0.3, -0.25) is 4.79 Å². The lowest BCUT2D eigenvalue weighted by Gasteiger charge is -2.17. The maximum Gasteiger partial charge on any atom is 0.227 e. The fourth-order valence-corrected chi connectivity index (χ4v) is 3.84. The molecule has 0 saturated heterocycles. The number of anilines is 1. The molecule has 1 unspecified atom stereocenters. The summed E-state index contributed by atoms with van der Waals surface area (Å²) in [5.41, 5.74) is 3.33. The van der Waals surface area contributed by atoms with Gasteiger partial charge in [0.05, 0.1) is 6.61 Å². The molecule has 3 nitrogen and oxygen atoms in total.